The molecule has 2 rings (SSSR count). The van der Waals surface area contributed by atoms with E-state index in [1.807, 2.05) is 0 Å². The number of carbonyl (C=O) groups is 1. The number of anilines is 1. The summed E-state index contributed by atoms with van der Waals surface area (Å²) >= 11 is 0. The zero-order chi connectivity index (χ0) is 16.9. The predicted octanol–water partition coefficient (Wildman–Crippen LogP) is 3.56. The van der Waals surface area contributed by atoms with Gasteiger partial charge in [-0.25, -0.2) is 4.79 Å². The second-order valence-electron chi connectivity index (χ2n) is 4.80. The number of carbonyl (C=O) groups excluding carboxylic acids is 1. The summed E-state index contributed by atoms with van der Waals surface area (Å²) < 4.78 is 38.5. The molecule has 122 valence electrons. The van der Waals surface area contributed by atoms with E-state index in [-0.39, 0.29) is 12.2 Å². The van der Waals surface area contributed by atoms with Crippen molar-refractivity contribution in [3.8, 4) is 0 Å². The summed E-state index contributed by atoms with van der Waals surface area (Å²) in [5.74, 6) is 0. The van der Waals surface area contributed by atoms with E-state index in [0.29, 0.717) is 5.56 Å². The number of amides is 2. The zero-order valence-electron chi connectivity index (χ0n) is 12.0. The third kappa shape index (κ3) is 4.72. The Labute approximate surface area is 131 Å². The average molecular weight is 324 g/mol. The average Bonchev–Trinajstić information content (AvgIpc) is 2.53. The number of urea groups is 1. The van der Waals surface area contributed by atoms with Gasteiger partial charge >= 0.3 is 12.2 Å². The van der Waals surface area contributed by atoms with Gasteiger partial charge in [0, 0.05) is 6.54 Å². The van der Waals surface area contributed by atoms with E-state index < -0.39 is 23.9 Å². The van der Waals surface area contributed by atoms with Crippen LogP contribution in [0.1, 0.15) is 17.2 Å². The largest absolute Gasteiger partial charge is 0.418 e. The van der Waals surface area contributed by atoms with Crippen LogP contribution >= 0.6 is 0 Å². The van der Waals surface area contributed by atoms with Gasteiger partial charge in [0.25, 0.3) is 0 Å². The molecule has 0 saturated carbocycles. The van der Waals surface area contributed by atoms with Crippen LogP contribution in [0.3, 0.4) is 0 Å². The highest BCUT2D eigenvalue weighted by atomic mass is 19.4. The van der Waals surface area contributed by atoms with Crippen LogP contribution in [0.5, 0.6) is 0 Å². The van der Waals surface area contributed by atoms with Gasteiger partial charge in [-0.15, -0.1) is 0 Å². The summed E-state index contributed by atoms with van der Waals surface area (Å²) in [5, 5.41) is 14.4. The number of aliphatic hydroxyl groups is 1. The lowest BCUT2D eigenvalue weighted by Gasteiger charge is -2.15. The molecule has 7 heteroatoms. The third-order valence-electron chi connectivity index (χ3n) is 3.12. The van der Waals surface area contributed by atoms with Gasteiger partial charge in [-0.3, -0.25) is 0 Å². The topological polar surface area (TPSA) is 61.4 Å². The standard InChI is InChI=1S/C16H15F3N2O2/c17-16(18,19)12-8-4-5-9-13(12)21-15(23)20-10-14(22)11-6-2-1-3-7-11/h1-9,14,22H,10H2,(H2,20,21,23)/t14-/m0/s1. The molecular formula is C16H15F3N2O2. The molecule has 0 aromatic heterocycles. The summed E-state index contributed by atoms with van der Waals surface area (Å²) in [6.45, 7) is -0.121. The first-order valence-electron chi connectivity index (χ1n) is 6.82. The molecule has 0 bridgehead atoms. The fourth-order valence-electron chi connectivity index (χ4n) is 1.99. The van der Waals surface area contributed by atoms with Gasteiger partial charge < -0.3 is 15.7 Å². The first kappa shape index (κ1) is 16.8. The van der Waals surface area contributed by atoms with Gasteiger partial charge in [-0.05, 0) is 17.7 Å². The third-order valence-corrected chi connectivity index (χ3v) is 3.12. The first-order valence-corrected chi connectivity index (χ1v) is 6.82. The number of para-hydroxylation sites is 1. The van der Waals surface area contributed by atoms with Gasteiger partial charge in [0.15, 0.2) is 0 Å². The Kier molecular flexibility index (Phi) is 5.23. The molecule has 1 atom stereocenters. The Bertz CT molecular complexity index is 660. The maximum Gasteiger partial charge on any atom is 0.418 e. The van der Waals surface area contributed by atoms with E-state index in [1.54, 1.807) is 30.3 Å². The molecule has 3 N–H and O–H groups in total. The second kappa shape index (κ2) is 7.15. The molecule has 0 heterocycles. The van der Waals surface area contributed by atoms with E-state index in [9.17, 15) is 23.1 Å². The van der Waals surface area contributed by atoms with Crippen LogP contribution in [-0.4, -0.2) is 17.7 Å². The van der Waals surface area contributed by atoms with Crippen LogP contribution in [0.15, 0.2) is 54.6 Å². The molecule has 2 amide bonds. The van der Waals surface area contributed by atoms with E-state index in [4.69, 9.17) is 0 Å². The number of nitrogens with one attached hydrogen (secondary N) is 2. The smallest absolute Gasteiger partial charge is 0.387 e. The Morgan fingerprint density at radius 2 is 1.65 bits per heavy atom. The van der Waals surface area contributed by atoms with Crippen molar-refractivity contribution in [1.29, 1.82) is 0 Å². The van der Waals surface area contributed by atoms with Crippen molar-refractivity contribution >= 4 is 11.7 Å². The maximum absolute atomic E-state index is 12.8. The van der Waals surface area contributed by atoms with E-state index in [0.717, 1.165) is 12.1 Å². The van der Waals surface area contributed by atoms with Crippen molar-refractivity contribution in [1.82, 2.24) is 5.32 Å². The minimum absolute atomic E-state index is 0.121. The Hall–Kier alpha value is -2.54. The molecule has 0 saturated heterocycles. The number of hydrogen-bond donors (Lipinski definition) is 3. The van der Waals surface area contributed by atoms with Crippen molar-refractivity contribution in [3.63, 3.8) is 0 Å². The SMILES string of the molecule is O=C(NC[C@H](O)c1ccccc1)Nc1ccccc1C(F)(F)F. The normalized spacial score (nSPS) is 12.5. The van der Waals surface area contributed by atoms with Gasteiger partial charge in [0.05, 0.1) is 17.4 Å². The highest BCUT2D eigenvalue weighted by molar-refractivity contribution is 5.90. The molecular weight excluding hydrogens is 309 g/mol. The fourth-order valence-corrected chi connectivity index (χ4v) is 1.99. The Balaban J connectivity index is 1.96. The minimum atomic E-state index is -4.56. The summed E-state index contributed by atoms with van der Waals surface area (Å²) in [5.41, 5.74) is -0.672. The number of halogens is 3. The summed E-state index contributed by atoms with van der Waals surface area (Å²) in [6, 6.07) is 12.5. The molecule has 0 aliphatic carbocycles. The minimum Gasteiger partial charge on any atom is -0.387 e. The van der Waals surface area contributed by atoms with E-state index >= 15 is 0 Å². The quantitative estimate of drug-likeness (QED) is 0.805. The van der Waals surface area contributed by atoms with Gasteiger partial charge in [0.2, 0.25) is 0 Å². The van der Waals surface area contributed by atoms with E-state index in [2.05, 4.69) is 10.6 Å². The second-order valence-corrected chi connectivity index (χ2v) is 4.80. The fraction of sp³-hybridized carbons (Fsp3) is 0.188. The highest BCUT2D eigenvalue weighted by Crippen LogP contribution is 2.34. The van der Waals surface area contributed by atoms with Crippen molar-refractivity contribution in [3.05, 3.63) is 65.7 Å². The van der Waals surface area contributed by atoms with Crippen LogP contribution in [0, 0.1) is 0 Å². The predicted molar refractivity (Wildman–Crippen MR) is 79.9 cm³/mol. The Morgan fingerprint density at radius 3 is 2.30 bits per heavy atom. The van der Waals surface area contributed by atoms with Crippen LogP contribution < -0.4 is 10.6 Å². The lowest BCUT2D eigenvalue weighted by Crippen LogP contribution is -2.33. The zero-order valence-corrected chi connectivity index (χ0v) is 12.0. The number of aliphatic hydroxyl groups excluding tert-OH is 1. The van der Waals surface area contributed by atoms with Crippen molar-refractivity contribution < 1.29 is 23.1 Å². The van der Waals surface area contributed by atoms with E-state index in [1.165, 1.54) is 12.1 Å². The molecule has 2 aromatic carbocycles. The number of alkyl halides is 3. The maximum atomic E-state index is 12.8. The number of hydrogen-bond acceptors (Lipinski definition) is 2. The number of rotatable bonds is 4. The van der Waals surface area contributed by atoms with Crippen molar-refractivity contribution in [2.24, 2.45) is 0 Å². The molecule has 0 fully saturated rings. The summed E-state index contributed by atoms with van der Waals surface area (Å²) in [7, 11) is 0. The van der Waals surface area contributed by atoms with Crippen LogP contribution in [0.2, 0.25) is 0 Å². The molecule has 0 spiro atoms. The van der Waals surface area contributed by atoms with Crippen molar-refractivity contribution in [2.75, 3.05) is 11.9 Å². The van der Waals surface area contributed by atoms with Gasteiger partial charge in [0.1, 0.15) is 0 Å². The van der Waals surface area contributed by atoms with Crippen LogP contribution in [-0.2, 0) is 6.18 Å². The molecule has 23 heavy (non-hydrogen) atoms. The van der Waals surface area contributed by atoms with Gasteiger partial charge in [-0.2, -0.15) is 13.2 Å². The molecule has 4 nitrogen and oxygen atoms in total. The first-order chi connectivity index (χ1) is 10.9. The molecule has 0 radical (unpaired) electrons. The van der Waals surface area contributed by atoms with Gasteiger partial charge in [-0.1, -0.05) is 42.5 Å². The lowest BCUT2D eigenvalue weighted by molar-refractivity contribution is -0.136. The lowest BCUT2D eigenvalue weighted by atomic mass is 10.1. The summed E-state index contributed by atoms with van der Waals surface area (Å²) in [4.78, 5) is 11.7. The Morgan fingerprint density at radius 1 is 1.04 bits per heavy atom. The number of benzene rings is 2. The molecule has 2 aromatic rings. The monoisotopic (exact) mass is 324 g/mol. The van der Waals surface area contributed by atoms with Crippen LogP contribution in [0.25, 0.3) is 0 Å². The molecule has 0 unspecified atom stereocenters. The van der Waals surface area contributed by atoms with Crippen LogP contribution in [0.4, 0.5) is 23.7 Å². The van der Waals surface area contributed by atoms with Crippen molar-refractivity contribution in [2.45, 2.75) is 12.3 Å². The molecule has 0 aliphatic rings. The highest BCUT2D eigenvalue weighted by Gasteiger charge is 2.33. The summed E-state index contributed by atoms with van der Waals surface area (Å²) in [6.07, 6.45) is -5.51. The molecule has 0 aliphatic heterocycles.